The molecule has 2 atom stereocenters. The fraction of sp³-hybridized carbons (Fsp3) is 0.967. The van der Waals surface area contributed by atoms with E-state index in [1.54, 1.807) is 0 Å². The van der Waals surface area contributed by atoms with Crippen molar-refractivity contribution >= 4 is 11.9 Å². The maximum Gasteiger partial charge on any atom is 0.305 e. The van der Waals surface area contributed by atoms with Crippen molar-refractivity contribution in [1.29, 1.82) is 0 Å². The lowest BCUT2D eigenvalue weighted by Crippen LogP contribution is -2.45. The summed E-state index contributed by atoms with van der Waals surface area (Å²) in [6, 6.07) is -0.535. The van der Waals surface area contributed by atoms with E-state index in [0.717, 1.165) is 38.5 Å². The van der Waals surface area contributed by atoms with Crippen LogP contribution in [0.2, 0.25) is 0 Å². The van der Waals surface area contributed by atoms with E-state index in [0.29, 0.717) is 25.9 Å². The Morgan fingerprint density at radius 2 is 0.612 bits per heavy atom. The van der Waals surface area contributed by atoms with E-state index in [1.807, 2.05) is 0 Å². The average Bonchev–Trinajstić information content (AvgIpc) is 3.33. The van der Waals surface area contributed by atoms with Gasteiger partial charge in [-0.25, -0.2) is 0 Å². The Labute approximate surface area is 419 Å². The smallest absolute Gasteiger partial charge is 0.305 e. The molecule has 0 aliphatic rings. The molecule has 3 N–H and O–H groups in total. The van der Waals surface area contributed by atoms with Crippen LogP contribution in [-0.4, -0.2) is 47.4 Å². The van der Waals surface area contributed by atoms with Gasteiger partial charge in [-0.2, -0.15) is 0 Å². The zero-order chi connectivity index (χ0) is 48.6. The maximum atomic E-state index is 12.4. The van der Waals surface area contributed by atoms with Gasteiger partial charge in [-0.1, -0.05) is 316 Å². The topological polar surface area (TPSA) is 95.9 Å². The fourth-order valence-electron chi connectivity index (χ4n) is 9.94. The summed E-state index contributed by atoms with van der Waals surface area (Å²) >= 11 is 0. The summed E-state index contributed by atoms with van der Waals surface area (Å²) in [4.78, 5) is 24.4. The maximum absolute atomic E-state index is 12.4. The Morgan fingerprint density at radius 1 is 0.358 bits per heavy atom. The first-order chi connectivity index (χ1) is 33.0. The van der Waals surface area contributed by atoms with E-state index in [4.69, 9.17) is 4.74 Å². The minimum Gasteiger partial charge on any atom is -0.466 e. The Bertz CT molecular complexity index is 959. The van der Waals surface area contributed by atoms with E-state index in [9.17, 15) is 19.8 Å². The van der Waals surface area contributed by atoms with Crippen LogP contribution in [0.5, 0.6) is 0 Å². The van der Waals surface area contributed by atoms with Gasteiger partial charge >= 0.3 is 5.97 Å². The number of carbonyl (C=O) groups excluding carboxylic acids is 2. The molecule has 0 aromatic rings. The van der Waals surface area contributed by atoms with Crippen LogP contribution in [-0.2, 0) is 14.3 Å². The standard InChI is InChI=1S/C61H121NO5/c1-3-5-7-9-11-13-14-35-39-43-47-51-55-61(66)67-56-52-48-44-40-36-33-31-29-27-25-23-21-19-17-15-16-18-20-22-24-26-28-30-32-34-38-42-46-50-54-60(65)62-58(57-63)59(64)53-49-45-41-37-12-10-8-6-4-2/h58-59,63-64H,3-57H2,1-2H3,(H,62,65). The van der Waals surface area contributed by atoms with Gasteiger partial charge < -0.3 is 20.3 Å². The van der Waals surface area contributed by atoms with Crippen molar-refractivity contribution in [2.45, 2.75) is 366 Å². The molecule has 0 aromatic carbocycles. The predicted molar refractivity (Wildman–Crippen MR) is 292 cm³/mol. The van der Waals surface area contributed by atoms with E-state index in [1.165, 1.54) is 283 Å². The van der Waals surface area contributed by atoms with Crippen molar-refractivity contribution in [3.05, 3.63) is 0 Å². The van der Waals surface area contributed by atoms with Gasteiger partial charge in [0, 0.05) is 12.8 Å². The lowest BCUT2D eigenvalue weighted by molar-refractivity contribution is -0.143. The number of hydrogen-bond acceptors (Lipinski definition) is 5. The van der Waals surface area contributed by atoms with Gasteiger partial charge in [0.25, 0.3) is 0 Å². The molecular weight excluding hydrogens is 827 g/mol. The third-order valence-corrected chi connectivity index (χ3v) is 14.7. The lowest BCUT2D eigenvalue weighted by Gasteiger charge is -2.22. The van der Waals surface area contributed by atoms with Crippen molar-refractivity contribution < 1.29 is 24.5 Å². The van der Waals surface area contributed by atoms with E-state index in [2.05, 4.69) is 19.2 Å². The van der Waals surface area contributed by atoms with Gasteiger partial charge in [0.2, 0.25) is 5.91 Å². The second-order valence-corrected chi connectivity index (χ2v) is 21.4. The molecule has 0 aliphatic carbocycles. The summed E-state index contributed by atoms with van der Waals surface area (Å²) in [5.41, 5.74) is 0. The first kappa shape index (κ1) is 65.9. The summed E-state index contributed by atoms with van der Waals surface area (Å²) in [7, 11) is 0. The molecule has 0 aliphatic heterocycles. The zero-order valence-electron chi connectivity index (χ0n) is 45.7. The van der Waals surface area contributed by atoms with Crippen LogP contribution in [0.15, 0.2) is 0 Å². The molecule has 0 rings (SSSR count). The first-order valence-electron chi connectivity index (χ1n) is 30.8. The highest BCUT2D eigenvalue weighted by Gasteiger charge is 2.20. The van der Waals surface area contributed by atoms with E-state index in [-0.39, 0.29) is 18.5 Å². The Kier molecular flexibility index (Phi) is 56.5. The largest absolute Gasteiger partial charge is 0.466 e. The van der Waals surface area contributed by atoms with Crippen molar-refractivity contribution in [2.24, 2.45) is 0 Å². The second-order valence-electron chi connectivity index (χ2n) is 21.4. The van der Waals surface area contributed by atoms with E-state index >= 15 is 0 Å². The number of ether oxygens (including phenoxy) is 1. The summed E-state index contributed by atoms with van der Waals surface area (Å²) < 4.78 is 5.48. The van der Waals surface area contributed by atoms with Crippen LogP contribution in [0, 0.1) is 0 Å². The van der Waals surface area contributed by atoms with Gasteiger partial charge in [-0.3, -0.25) is 9.59 Å². The highest BCUT2D eigenvalue weighted by molar-refractivity contribution is 5.76. The normalized spacial score (nSPS) is 12.5. The Hall–Kier alpha value is -1.14. The van der Waals surface area contributed by atoms with Crippen LogP contribution in [0.3, 0.4) is 0 Å². The van der Waals surface area contributed by atoms with Crippen LogP contribution < -0.4 is 5.32 Å². The van der Waals surface area contributed by atoms with Crippen LogP contribution in [0.25, 0.3) is 0 Å². The van der Waals surface area contributed by atoms with Gasteiger partial charge in [0.15, 0.2) is 0 Å². The molecule has 2 unspecified atom stereocenters. The lowest BCUT2D eigenvalue weighted by atomic mass is 10.0. The molecule has 6 heteroatoms. The first-order valence-corrected chi connectivity index (χ1v) is 30.8. The van der Waals surface area contributed by atoms with Crippen LogP contribution in [0.4, 0.5) is 0 Å². The van der Waals surface area contributed by atoms with Crippen LogP contribution in [0.1, 0.15) is 354 Å². The van der Waals surface area contributed by atoms with Crippen molar-refractivity contribution in [2.75, 3.05) is 13.2 Å². The Morgan fingerprint density at radius 3 is 0.910 bits per heavy atom. The summed E-state index contributed by atoms with van der Waals surface area (Å²) in [5.74, 6) is -0.0112. The summed E-state index contributed by atoms with van der Waals surface area (Å²) in [6.45, 7) is 4.96. The number of hydrogen-bond donors (Lipinski definition) is 3. The number of aliphatic hydroxyl groups is 2. The molecule has 0 saturated carbocycles. The number of esters is 1. The van der Waals surface area contributed by atoms with Gasteiger partial charge in [-0.05, 0) is 25.7 Å². The number of carbonyl (C=O) groups is 2. The van der Waals surface area contributed by atoms with Gasteiger partial charge in [-0.15, -0.1) is 0 Å². The predicted octanol–water partition coefficient (Wildman–Crippen LogP) is 19.1. The molecule has 67 heavy (non-hydrogen) atoms. The number of amides is 1. The molecule has 0 spiro atoms. The molecule has 1 amide bonds. The number of unbranched alkanes of at least 4 members (excludes halogenated alkanes) is 47. The zero-order valence-corrected chi connectivity index (χ0v) is 45.7. The monoisotopic (exact) mass is 948 g/mol. The average molecular weight is 949 g/mol. The minimum atomic E-state index is -0.658. The van der Waals surface area contributed by atoms with Crippen LogP contribution >= 0.6 is 0 Å². The number of nitrogens with one attached hydrogen (secondary N) is 1. The molecule has 0 heterocycles. The molecule has 0 aromatic heterocycles. The van der Waals surface area contributed by atoms with Gasteiger partial charge in [0.05, 0.1) is 25.4 Å². The number of aliphatic hydroxyl groups excluding tert-OH is 2. The molecule has 0 bridgehead atoms. The third kappa shape index (κ3) is 54.0. The summed E-state index contributed by atoms with van der Waals surface area (Å²) in [5, 5.41) is 23.1. The van der Waals surface area contributed by atoms with Crippen molar-refractivity contribution in [3.8, 4) is 0 Å². The quantitative estimate of drug-likeness (QED) is 0.0417. The molecule has 400 valence electrons. The molecule has 0 saturated heterocycles. The highest BCUT2D eigenvalue weighted by atomic mass is 16.5. The fourth-order valence-corrected chi connectivity index (χ4v) is 9.94. The second kappa shape index (κ2) is 57.4. The van der Waals surface area contributed by atoms with Gasteiger partial charge in [0.1, 0.15) is 0 Å². The molecule has 0 fully saturated rings. The minimum absolute atomic E-state index is 0.0207. The van der Waals surface area contributed by atoms with Crippen molar-refractivity contribution in [3.63, 3.8) is 0 Å². The summed E-state index contributed by atoms with van der Waals surface area (Å²) in [6.07, 6.45) is 67.1. The molecular formula is C61H121NO5. The molecule has 6 nitrogen and oxygen atoms in total. The van der Waals surface area contributed by atoms with Crippen molar-refractivity contribution in [1.82, 2.24) is 5.32 Å². The Balaban J connectivity index is 3.29. The SMILES string of the molecule is CCCCCCCCCCCCCCC(=O)OCCCCCCCCCCCCCCCCCCCCCCCCCCCCCCCC(=O)NC(CO)C(O)CCCCCCCCCCC. The highest BCUT2D eigenvalue weighted by Crippen LogP contribution is 2.18. The number of rotatable bonds is 58. The third-order valence-electron chi connectivity index (χ3n) is 14.7. The van der Waals surface area contributed by atoms with E-state index < -0.39 is 12.1 Å². The molecule has 0 radical (unpaired) electrons.